The minimum Gasteiger partial charge on any atom is -0.426 e. The van der Waals surface area contributed by atoms with Crippen LogP contribution in [-0.2, 0) is 9.53 Å². The molecule has 132 valence electrons. The summed E-state index contributed by atoms with van der Waals surface area (Å²) in [6.07, 6.45) is 5.29. The maximum Gasteiger partial charge on any atom is 0.308 e. The number of ketones is 2. The van der Waals surface area contributed by atoms with Gasteiger partial charge >= 0.3 is 5.97 Å². The Morgan fingerprint density at radius 3 is 1.65 bits per heavy atom. The highest BCUT2D eigenvalue weighted by molar-refractivity contribution is 5.94. The lowest BCUT2D eigenvalue weighted by molar-refractivity contribution is -0.134. The van der Waals surface area contributed by atoms with E-state index in [1.54, 1.807) is 48.6 Å². The quantitative estimate of drug-likeness (QED) is 0.328. The van der Waals surface area contributed by atoms with Gasteiger partial charge in [-0.15, -0.1) is 0 Å². The molecule has 0 amide bonds. The second-order valence-electron chi connectivity index (χ2n) is 5.80. The monoisotopic (exact) mass is 348 g/mol. The van der Waals surface area contributed by atoms with Crippen LogP contribution in [0.2, 0.25) is 0 Å². The van der Waals surface area contributed by atoms with Crippen LogP contribution in [0.15, 0.2) is 60.7 Å². The SMILES string of the molecule is CC(=O)O/C(=C/C=C/c1ccc(C(C)=O)cc1)c1ccc(C(C)=O)cc1. The van der Waals surface area contributed by atoms with E-state index >= 15 is 0 Å². The molecule has 0 bridgehead atoms. The number of carbonyl (C=O) groups excluding carboxylic acids is 3. The van der Waals surface area contributed by atoms with Crippen LogP contribution in [0.1, 0.15) is 52.6 Å². The van der Waals surface area contributed by atoms with Crippen LogP contribution in [-0.4, -0.2) is 17.5 Å². The molecule has 0 atom stereocenters. The Bertz CT molecular complexity index is 869. The summed E-state index contributed by atoms with van der Waals surface area (Å²) in [6, 6.07) is 14.1. The molecule has 0 aliphatic heterocycles. The van der Waals surface area contributed by atoms with Crippen molar-refractivity contribution >= 4 is 29.4 Å². The van der Waals surface area contributed by atoms with Gasteiger partial charge in [0, 0.05) is 23.6 Å². The Balaban J connectivity index is 2.23. The van der Waals surface area contributed by atoms with Crippen molar-refractivity contribution in [1.29, 1.82) is 0 Å². The minimum atomic E-state index is -0.425. The third-order valence-corrected chi connectivity index (χ3v) is 3.68. The maximum absolute atomic E-state index is 11.4. The Morgan fingerprint density at radius 2 is 1.19 bits per heavy atom. The summed E-state index contributed by atoms with van der Waals surface area (Å²) in [6.45, 7) is 4.36. The first kappa shape index (κ1) is 19.1. The number of allylic oxidation sites excluding steroid dienone is 2. The summed E-state index contributed by atoms with van der Waals surface area (Å²) in [5.74, 6) is -0.0367. The zero-order valence-corrected chi connectivity index (χ0v) is 15.0. The van der Waals surface area contributed by atoms with Gasteiger partial charge in [0.15, 0.2) is 11.6 Å². The molecule has 2 aromatic carbocycles. The molecule has 2 rings (SSSR count). The van der Waals surface area contributed by atoms with Crippen molar-refractivity contribution < 1.29 is 19.1 Å². The average molecular weight is 348 g/mol. The summed E-state index contributed by atoms with van der Waals surface area (Å²) >= 11 is 0. The Morgan fingerprint density at radius 1 is 0.731 bits per heavy atom. The summed E-state index contributed by atoms with van der Waals surface area (Å²) in [5.41, 5.74) is 2.86. The standard InChI is InChI=1S/C22H20O4/c1-15(23)19-9-7-18(8-10-19)5-4-6-22(26-17(3)25)21-13-11-20(12-14-21)16(2)24/h4-14H,1-3H3/b5-4+,22-6+. The van der Waals surface area contributed by atoms with Gasteiger partial charge < -0.3 is 4.74 Å². The normalized spacial score (nSPS) is 11.4. The smallest absolute Gasteiger partial charge is 0.308 e. The van der Waals surface area contributed by atoms with Crippen molar-refractivity contribution in [3.8, 4) is 0 Å². The lowest BCUT2D eigenvalue weighted by atomic mass is 10.1. The van der Waals surface area contributed by atoms with Crippen molar-refractivity contribution in [2.75, 3.05) is 0 Å². The highest BCUT2D eigenvalue weighted by Crippen LogP contribution is 2.18. The number of benzene rings is 2. The molecule has 0 heterocycles. The molecule has 0 radical (unpaired) electrons. The van der Waals surface area contributed by atoms with E-state index in [2.05, 4.69) is 0 Å². The molecule has 2 aromatic rings. The van der Waals surface area contributed by atoms with E-state index in [9.17, 15) is 14.4 Å². The lowest BCUT2D eigenvalue weighted by Crippen LogP contribution is -1.99. The molecular weight excluding hydrogens is 328 g/mol. The Hall–Kier alpha value is -3.27. The van der Waals surface area contributed by atoms with Crippen LogP contribution in [0.5, 0.6) is 0 Å². The van der Waals surface area contributed by atoms with E-state index in [0.29, 0.717) is 22.4 Å². The zero-order chi connectivity index (χ0) is 19.1. The van der Waals surface area contributed by atoms with Gasteiger partial charge in [0.25, 0.3) is 0 Å². The van der Waals surface area contributed by atoms with Crippen LogP contribution in [0.4, 0.5) is 0 Å². The van der Waals surface area contributed by atoms with Gasteiger partial charge in [-0.1, -0.05) is 60.7 Å². The molecule has 26 heavy (non-hydrogen) atoms. The van der Waals surface area contributed by atoms with Gasteiger partial charge in [-0.3, -0.25) is 14.4 Å². The highest BCUT2D eigenvalue weighted by Gasteiger charge is 2.06. The number of carbonyl (C=O) groups is 3. The number of esters is 1. The van der Waals surface area contributed by atoms with Crippen LogP contribution in [0.3, 0.4) is 0 Å². The minimum absolute atomic E-state index is 0.0200. The summed E-state index contributed by atoms with van der Waals surface area (Å²) in [7, 11) is 0. The topological polar surface area (TPSA) is 60.4 Å². The van der Waals surface area contributed by atoms with Crippen molar-refractivity contribution in [2.45, 2.75) is 20.8 Å². The number of rotatable bonds is 6. The largest absolute Gasteiger partial charge is 0.426 e. The third-order valence-electron chi connectivity index (χ3n) is 3.68. The summed E-state index contributed by atoms with van der Waals surface area (Å²) in [4.78, 5) is 34.0. The van der Waals surface area contributed by atoms with Gasteiger partial charge in [0.05, 0.1) is 0 Å². The number of ether oxygens (including phenoxy) is 1. The maximum atomic E-state index is 11.4. The van der Waals surface area contributed by atoms with Gasteiger partial charge in [-0.05, 0) is 25.5 Å². The van der Waals surface area contributed by atoms with Gasteiger partial charge in [0.2, 0.25) is 0 Å². The third kappa shape index (κ3) is 5.38. The molecule has 4 heteroatoms. The van der Waals surface area contributed by atoms with E-state index in [4.69, 9.17) is 4.74 Å². The first-order chi connectivity index (χ1) is 12.4. The molecule has 0 saturated carbocycles. The fraction of sp³-hybridized carbons (Fsp3) is 0.136. The van der Waals surface area contributed by atoms with Crippen LogP contribution in [0, 0.1) is 0 Å². The second kappa shape index (κ2) is 8.72. The van der Waals surface area contributed by atoms with Crippen LogP contribution in [0.25, 0.3) is 11.8 Å². The highest BCUT2D eigenvalue weighted by atomic mass is 16.5. The molecule has 0 N–H and O–H groups in total. The summed E-state index contributed by atoms with van der Waals surface area (Å²) in [5, 5.41) is 0. The first-order valence-corrected chi connectivity index (χ1v) is 8.16. The Kier molecular flexibility index (Phi) is 6.39. The Labute approximate surface area is 152 Å². The molecule has 0 aliphatic rings. The molecule has 0 aliphatic carbocycles. The van der Waals surface area contributed by atoms with Crippen molar-refractivity contribution in [2.24, 2.45) is 0 Å². The molecule has 0 spiro atoms. The molecule has 0 fully saturated rings. The predicted octanol–water partition coefficient (Wildman–Crippen LogP) is 4.71. The van der Waals surface area contributed by atoms with Gasteiger partial charge in [-0.2, -0.15) is 0 Å². The molecule has 0 aromatic heterocycles. The van der Waals surface area contributed by atoms with Crippen molar-refractivity contribution in [3.05, 3.63) is 82.9 Å². The van der Waals surface area contributed by atoms with Gasteiger partial charge in [0.1, 0.15) is 5.76 Å². The summed E-state index contributed by atoms with van der Waals surface area (Å²) < 4.78 is 5.27. The second-order valence-corrected chi connectivity index (χ2v) is 5.80. The number of hydrogen-bond acceptors (Lipinski definition) is 4. The van der Waals surface area contributed by atoms with E-state index in [1.165, 1.54) is 20.8 Å². The van der Waals surface area contributed by atoms with E-state index in [1.807, 2.05) is 18.2 Å². The lowest BCUT2D eigenvalue weighted by Gasteiger charge is -2.07. The fourth-order valence-corrected chi connectivity index (χ4v) is 2.29. The van der Waals surface area contributed by atoms with E-state index in [0.717, 1.165) is 5.56 Å². The molecule has 0 saturated heterocycles. The molecule has 4 nitrogen and oxygen atoms in total. The van der Waals surface area contributed by atoms with Crippen molar-refractivity contribution in [3.63, 3.8) is 0 Å². The fourth-order valence-electron chi connectivity index (χ4n) is 2.29. The zero-order valence-electron chi connectivity index (χ0n) is 15.0. The molecular formula is C22H20O4. The number of Topliss-reactive ketones (excluding diaryl/α,β-unsaturated/α-hetero) is 2. The van der Waals surface area contributed by atoms with Crippen LogP contribution >= 0.6 is 0 Å². The number of hydrogen-bond donors (Lipinski definition) is 0. The van der Waals surface area contributed by atoms with Crippen molar-refractivity contribution in [1.82, 2.24) is 0 Å². The van der Waals surface area contributed by atoms with E-state index < -0.39 is 5.97 Å². The first-order valence-electron chi connectivity index (χ1n) is 8.16. The average Bonchev–Trinajstić information content (AvgIpc) is 2.61. The van der Waals surface area contributed by atoms with Crippen LogP contribution < -0.4 is 0 Å². The predicted molar refractivity (Wildman–Crippen MR) is 102 cm³/mol. The van der Waals surface area contributed by atoms with E-state index in [-0.39, 0.29) is 11.6 Å². The van der Waals surface area contributed by atoms with Gasteiger partial charge in [-0.25, -0.2) is 0 Å². The molecule has 0 unspecified atom stereocenters.